The van der Waals surface area contributed by atoms with E-state index in [9.17, 15) is 9.59 Å². The lowest BCUT2D eigenvalue weighted by atomic mass is 10.2. The summed E-state index contributed by atoms with van der Waals surface area (Å²) in [6.45, 7) is 0.717. The molecule has 4 nitrogen and oxygen atoms in total. The van der Waals surface area contributed by atoms with E-state index in [1.54, 1.807) is 18.2 Å². The van der Waals surface area contributed by atoms with Gasteiger partial charge in [0.15, 0.2) is 0 Å². The molecule has 0 bridgehead atoms. The number of rotatable bonds is 6. The summed E-state index contributed by atoms with van der Waals surface area (Å²) in [7, 11) is 0. The first kappa shape index (κ1) is 20.3. The zero-order valence-corrected chi connectivity index (χ0v) is 17.5. The normalized spacial score (nSPS) is 15.1. The van der Waals surface area contributed by atoms with Crippen molar-refractivity contribution >= 4 is 40.6 Å². The van der Waals surface area contributed by atoms with Gasteiger partial charge in [-0.1, -0.05) is 66.2 Å². The monoisotopic (exact) mass is 435 g/mol. The molecule has 1 aliphatic rings. The minimum Gasteiger partial charge on any atom is -0.489 e. The summed E-state index contributed by atoms with van der Waals surface area (Å²) >= 11 is 6.84. The number of halogens is 1. The third-order valence-electron chi connectivity index (χ3n) is 4.55. The number of thioether (sulfide) groups is 1. The second-order valence-corrected chi connectivity index (χ2v) is 8.17. The summed E-state index contributed by atoms with van der Waals surface area (Å²) in [5.74, 6) is 0.455. The van der Waals surface area contributed by atoms with Crippen molar-refractivity contribution in [1.29, 1.82) is 0 Å². The van der Waals surface area contributed by atoms with Gasteiger partial charge >= 0.3 is 0 Å². The van der Waals surface area contributed by atoms with E-state index in [1.165, 1.54) is 4.90 Å². The average Bonchev–Trinajstić information content (AvgIpc) is 3.03. The van der Waals surface area contributed by atoms with Gasteiger partial charge in [0, 0.05) is 5.02 Å². The fraction of sp³-hybridized carbons (Fsp3) is 0.0833. The summed E-state index contributed by atoms with van der Waals surface area (Å²) in [5.41, 5.74) is 2.78. The molecule has 0 saturated carbocycles. The number of hydrogen-bond donors (Lipinski definition) is 0. The SMILES string of the molecule is O=C1SC(=Cc2ccc(OCc3ccccc3)cc2)C(=O)N1Cc1ccc(Cl)cc1. The van der Waals surface area contributed by atoms with E-state index in [0.29, 0.717) is 16.5 Å². The van der Waals surface area contributed by atoms with E-state index in [4.69, 9.17) is 16.3 Å². The number of amides is 2. The highest BCUT2D eigenvalue weighted by Crippen LogP contribution is 2.33. The maximum absolute atomic E-state index is 12.7. The van der Waals surface area contributed by atoms with E-state index < -0.39 is 0 Å². The summed E-state index contributed by atoms with van der Waals surface area (Å²) in [5, 5.41) is 0.341. The third-order valence-corrected chi connectivity index (χ3v) is 5.71. The fourth-order valence-electron chi connectivity index (χ4n) is 2.96. The molecule has 0 atom stereocenters. The van der Waals surface area contributed by atoms with Crippen LogP contribution in [-0.2, 0) is 17.9 Å². The molecule has 0 aliphatic carbocycles. The second kappa shape index (κ2) is 9.20. The van der Waals surface area contributed by atoms with Crippen LogP contribution in [0.3, 0.4) is 0 Å². The van der Waals surface area contributed by atoms with Crippen LogP contribution >= 0.6 is 23.4 Å². The third kappa shape index (κ3) is 4.93. The number of carbonyl (C=O) groups is 2. The predicted molar refractivity (Wildman–Crippen MR) is 120 cm³/mol. The molecule has 3 aromatic rings. The van der Waals surface area contributed by atoms with Crippen LogP contribution in [0.2, 0.25) is 5.02 Å². The van der Waals surface area contributed by atoms with Crippen LogP contribution in [0.25, 0.3) is 6.08 Å². The van der Waals surface area contributed by atoms with Crippen molar-refractivity contribution < 1.29 is 14.3 Å². The van der Waals surface area contributed by atoms with Gasteiger partial charge in [-0.25, -0.2) is 0 Å². The Balaban J connectivity index is 1.41. The Hall–Kier alpha value is -3.02. The highest BCUT2D eigenvalue weighted by Gasteiger charge is 2.34. The zero-order valence-electron chi connectivity index (χ0n) is 16.0. The summed E-state index contributed by atoms with van der Waals surface area (Å²) in [4.78, 5) is 26.7. The maximum Gasteiger partial charge on any atom is 0.293 e. The van der Waals surface area contributed by atoms with Crippen LogP contribution in [0, 0.1) is 0 Å². The lowest BCUT2D eigenvalue weighted by Gasteiger charge is -2.12. The van der Waals surface area contributed by atoms with Gasteiger partial charge in [0.1, 0.15) is 12.4 Å². The minimum absolute atomic E-state index is 0.228. The molecule has 0 spiro atoms. The van der Waals surface area contributed by atoms with Crippen molar-refractivity contribution in [3.63, 3.8) is 0 Å². The van der Waals surface area contributed by atoms with Crippen LogP contribution < -0.4 is 4.74 Å². The van der Waals surface area contributed by atoms with E-state index in [2.05, 4.69) is 0 Å². The Bertz CT molecular complexity index is 1080. The summed E-state index contributed by atoms with van der Waals surface area (Å²) in [6.07, 6.45) is 1.73. The lowest BCUT2D eigenvalue weighted by Crippen LogP contribution is -2.27. The van der Waals surface area contributed by atoms with Gasteiger partial charge in [-0.3, -0.25) is 14.5 Å². The van der Waals surface area contributed by atoms with Crippen molar-refractivity contribution in [2.24, 2.45) is 0 Å². The average molecular weight is 436 g/mol. The molecule has 3 aromatic carbocycles. The van der Waals surface area contributed by atoms with Gasteiger partial charge in [0.25, 0.3) is 11.1 Å². The molecule has 1 aliphatic heterocycles. The summed E-state index contributed by atoms with van der Waals surface area (Å²) in [6, 6.07) is 24.5. The van der Waals surface area contributed by atoms with Crippen LogP contribution in [0.1, 0.15) is 16.7 Å². The Morgan fingerprint density at radius 2 is 1.57 bits per heavy atom. The van der Waals surface area contributed by atoms with Crippen molar-refractivity contribution in [3.05, 3.63) is 105 Å². The van der Waals surface area contributed by atoms with Crippen LogP contribution in [-0.4, -0.2) is 16.0 Å². The Labute approximate surface area is 184 Å². The number of benzene rings is 3. The highest BCUT2D eigenvalue weighted by atomic mass is 35.5. The largest absolute Gasteiger partial charge is 0.489 e. The Morgan fingerprint density at radius 3 is 2.27 bits per heavy atom. The molecular formula is C24H18ClNO3S. The van der Waals surface area contributed by atoms with Gasteiger partial charge in [-0.15, -0.1) is 0 Å². The van der Waals surface area contributed by atoms with E-state index in [1.807, 2.05) is 66.7 Å². The number of nitrogens with zero attached hydrogens (tertiary/aromatic N) is 1. The maximum atomic E-state index is 12.7. The molecule has 0 aromatic heterocycles. The first-order valence-corrected chi connectivity index (χ1v) is 10.5. The van der Waals surface area contributed by atoms with E-state index >= 15 is 0 Å². The van der Waals surface area contributed by atoms with Gasteiger partial charge < -0.3 is 4.74 Å². The van der Waals surface area contributed by atoms with Gasteiger partial charge in [0.2, 0.25) is 0 Å². The minimum atomic E-state index is -0.288. The first-order chi connectivity index (χ1) is 14.6. The van der Waals surface area contributed by atoms with E-state index in [-0.39, 0.29) is 17.7 Å². The molecule has 2 amide bonds. The Morgan fingerprint density at radius 1 is 0.867 bits per heavy atom. The molecule has 4 rings (SSSR count). The van der Waals surface area contributed by atoms with E-state index in [0.717, 1.165) is 34.2 Å². The van der Waals surface area contributed by atoms with Crippen LogP contribution in [0.5, 0.6) is 5.75 Å². The van der Waals surface area contributed by atoms with Gasteiger partial charge in [0.05, 0.1) is 11.4 Å². The summed E-state index contributed by atoms with van der Waals surface area (Å²) < 4.78 is 5.78. The molecule has 150 valence electrons. The molecule has 1 fully saturated rings. The van der Waals surface area contributed by atoms with Crippen LogP contribution in [0.15, 0.2) is 83.8 Å². The lowest BCUT2D eigenvalue weighted by molar-refractivity contribution is -0.123. The number of carbonyl (C=O) groups excluding carboxylic acids is 2. The van der Waals surface area contributed by atoms with Gasteiger partial charge in [-0.2, -0.15) is 0 Å². The predicted octanol–water partition coefficient (Wildman–Crippen LogP) is 6.16. The number of ether oxygens (including phenoxy) is 1. The molecule has 1 heterocycles. The van der Waals surface area contributed by atoms with Crippen molar-refractivity contribution in [1.82, 2.24) is 4.90 Å². The molecular weight excluding hydrogens is 418 g/mol. The highest BCUT2D eigenvalue weighted by molar-refractivity contribution is 8.18. The first-order valence-electron chi connectivity index (χ1n) is 9.35. The molecule has 0 N–H and O–H groups in total. The van der Waals surface area contributed by atoms with Crippen molar-refractivity contribution in [2.45, 2.75) is 13.2 Å². The number of hydrogen-bond acceptors (Lipinski definition) is 4. The van der Waals surface area contributed by atoms with Crippen LogP contribution in [0.4, 0.5) is 4.79 Å². The molecule has 30 heavy (non-hydrogen) atoms. The van der Waals surface area contributed by atoms with Crippen molar-refractivity contribution in [2.75, 3.05) is 0 Å². The fourth-order valence-corrected chi connectivity index (χ4v) is 3.93. The molecule has 0 radical (unpaired) electrons. The number of imide groups is 1. The second-order valence-electron chi connectivity index (χ2n) is 6.74. The topological polar surface area (TPSA) is 46.6 Å². The zero-order chi connectivity index (χ0) is 20.9. The smallest absolute Gasteiger partial charge is 0.293 e. The standard InChI is InChI=1S/C24H18ClNO3S/c25-20-10-6-18(7-11-20)15-26-23(27)22(30-24(26)28)14-17-8-12-21(13-9-17)29-16-19-4-2-1-3-5-19/h1-14H,15-16H2. The van der Waals surface area contributed by atoms with Crippen molar-refractivity contribution in [3.8, 4) is 5.75 Å². The quantitative estimate of drug-likeness (QED) is 0.435. The molecule has 0 unspecified atom stereocenters. The molecule has 6 heteroatoms. The molecule has 1 saturated heterocycles. The van der Waals surface area contributed by atoms with Gasteiger partial charge in [-0.05, 0) is 58.8 Å². The Kier molecular flexibility index (Phi) is 6.21.